The molecule has 19 heavy (non-hydrogen) atoms. The van der Waals surface area contributed by atoms with E-state index in [4.69, 9.17) is 0 Å². The molecule has 3 rings (SSSR count). The second-order valence-electron chi connectivity index (χ2n) is 4.82. The summed E-state index contributed by atoms with van der Waals surface area (Å²) in [5.74, 6) is 0.0621. The van der Waals surface area contributed by atoms with Crippen molar-refractivity contribution in [3.63, 3.8) is 0 Å². The highest BCUT2D eigenvalue weighted by molar-refractivity contribution is 6.00. The van der Waals surface area contributed by atoms with Gasteiger partial charge in [0.05, 0.1) is 12.4 Å². The first-order valence-corrected chi connectivity index (χ1v) is 6.36. The van der Waals surface area contributed by atoms with Gasteiger partial charge in [0, 0.05) is 30.8 Å². The fraction of sp³-hybridized carbons (Fsp3) is 0.188. The highest BCUT2D eigenvalue weighted by Gasteiger charge is 2.23. The van der Waals surface area contributed by atoms with Gasteiger partial charge in [0.1, 0.15) is 0 Å². The van der Waals surface area contributed by atoms with E-state index in [-0.39, 0.29) is 5.91 Å². The predicted molar refractivity (Wildman–Crippen MR) is 78.3 cm³/mol. The number of amides is 1. The fourth-order valence-corrected chi connectivity index (χ4v) is 2.60. The lowest BCUT2D eigenvalue weighted by Crippen LogP contribution is -2.38. The molecular weight excluding hydrogens is 236 g/mol. The number of carbonyl (C=O) groups excluding carboxylic acids is 1. The van der Waals surface area contributed by atoms with E-state index in [9.17, 15) is 4.79 Å². The van der Waals surface area contributed by atoms with Crippen LogP contribution in [0.2, 0.25) is 0 Å². The van der Waals surface area contributed by atoms with E-state index in [0.717, 1.165) is 16.9 Å². The van der Waals surface area contributed by atoms with Crippen molar-refractivity contribution >= 4 is 17.3 Å². The molecule has 0 saturated heterocycles. The molecule has 0 radical (unpaired) electrons. The van der Waals surface area contributed by atoms with Gasteiger partial charge < -0.3 is 4.90 Å². The Labute approximate surface area is 113 Å². The molecule has 0 fully saturated rings. The van der Waals surface area contributed by atoms with Crippen LogP contribution in [0.15, 0.2) is 48.5 Å². The minimum atomic E-state index is 0.0621. The van der Waals surface area contributed by atoms with Crippen molar-refractivity contribution in [3.8, 4) is 11.1 Å². The van der Waals surface area contributed by atoms with Crippen molar-refractivity contribution in [2.24, 2.45) is 0 Å². The summed E-state index contributed by atoms with van der Waals surface area (Å²) in [6, 6.07) is 16.3. The fourth-order valence-electron chi connectivity index (χ4n) is 2.60. The number of para-hydroxylation sites is 2. The lowest BCUT2D eigenvalue weighted by molar-refractivity contribution is -0.116. The zero-order valence-electron chi connectivity index (χ0n) is 11.1. The Bertz CT molecular complexity index is 636. The third-order valence-electron chi connectivity index (χ3n) is 3.53. The third kappa shape index (κ3) is 1.87. The summed E-state index contributed by atoms with van der Waals surface area (Å²) >= 11 is 0. The Hall–Kier alpha value is -2.29. The van der Waals surface area contributed by atoms with Crippen LogP contribution in [-0.4, -0.2) is 19.6 Å². The van der Waals surface area contributed by atoms with Crippen LogP contribution in [0, 0.1) is 0 Å². The Morgan fingerprint density at radius 2 is 1.47 bits per heavy atom. The summed E-state index contributed by atoms with van der Waals surface area (Å²) in [7, 11) is 2.01. The van der Waals surface area contributed by atoms with E-state index >= 15 is 0 Å². The molecule has 0 spiro atoms. The van der Waals surface area contributed by atoms with Crippen LogP contribution in [-0.2, 0) is 4.79 Å². The van der Waals surface area contributed by atoms with E-state index in [0.29, 0.717) is 6.67 Å². The van der Waals surface area contributed by atoms with E-state index in [2.05, 4.69) is 23.1 Å². The number of carbonyl (C=O) groups is 1. The number of hydrogen-bond acceptors (Lipinski definition) is 2. The van der Waals surface area contributed by atoms with Crippen LogP contribution in [0.4, 0.5) is 11.4 Å². The molecular formula is C16H16N2O. The molecule has 1 heterocycles. The summed E-state index contributed by atoms with van der Waals surface area (Å²) in [5.41, 5.74) is 4.41. The van der Waals surface area contributed by atoms with Crippen molar-refractivity contribution in [2.75, 3.05) is 23.5 Å². The first-order chi connectivity index (χ1) is 9.18. The first kappa shape index (κ1) is 11.8. The molecule has 0 saturated carbocycles. The molecule has 3 heteroatoms. The summed E-state index contributed by atoms with van der Waals surface area (Å²) in [5, 5.41) is 0. The van der Waals surface area contributed by atoms with Crippen LogP contribution < -0.4 is 9.80 Å². The molecule has 1 aliphatic heterocycles. The van der Waals surface area contributed by atoms with Gasteiger partial charge in [-0.1, -0.05) is 36.4 Å². The molecule has 96 valence electrons. The Morgan fingerprint density at radius 3 is 2.11 bits per heavy atom. The van der Waals surface area contributed by atoms with Crippen LogP contribution >= 0.6 is 0 Å². The maximum absolute atomic E-state index is 11.9. The SMILES string of the molecule is CC(=O)N1CN(C)c2ccccc2-c2ccccc21. The average molecular weight is 252 g/mol. The van der Waals surface area contributed by atoms with Gasteiger partial charge in [-0.15, -0.1) is 0 Å². The topological polar surface area (TPSA) is 23.6 Å². The van der Waals surface area contributed by atoms with Gasteiger partial charge in [0.25, 0.3) is 0 Å². The molecule has 1 amide bonds. The van der Waals surface area contributed by atoms with E-state index in [1.807, 2.05) is 42.3 Å². The molecule has 0 aliphatic carbocycles. The summed E-state index contributed by atoms with van der Waals surface area (Å²) in [6.07, 6.45) is 0. The number of benzene rings is 2. The second-order valence-corrected chi connectivity index (χ2v) is 4.82. The van der Waals surface area contributed by atoms with Gasteiger partial charge in [0.15, 0.2) is 0 Å². The molecule has 0 unspecified atom stereocenters. The third-order valence-corrected chi connectivity index (χ3v) is 3.53. The van der Waals surface area contributed by atoms with Crippen LogP contribution in [0.3, 0.4) is 0 Å². The van der Waals surface area contributed by atoms with Crippen molar-refractivity contribution in [1.82, 2.24) is 0 Å². The molecule has 1 aliphatic rings. The quantitative estimate of drug-likeness (QED) is 0.719. The molecule has 2 aromatic rings. The summed E-state index contributed by atoms with van der Waals surface area (Å²) in [4.78, 5) is 15.8. The van der Waals surface area contributed by atoms with Gasteiger partial charge >= 0.3 is 0 Å². The number of rotatable bonds is 0. The number of nitrogens with zero attached hydrogens (tertiary/aromatic N) is 2. The van der Waals surface area contributed by atoms with Crippen LogP contribution in [0.1, 0.15) is 6.92 Å². The molecule has 3 nitrogen and oxygen atoms in total. The largest absolute Gasteiger partial charge is 0.356 e. The van der Waals surface area contributed by atoms with Crippen LogP contribution in [0.5, 0.6) is 0 Å². The van der Waals surface area contributed by atoms with Crippen molar-refractivity contribution in [2.45, 2.75) is 6.92 Å². The molecule has 0 N–H and O–H groups in total. The van der Waals surface area contributed by atoms with Crippen molar-refractivity contribution < 1.29 is 4.79 Å². The molecule has 0 atom stereocenters. The average Bonchev–Trinajstić information content (AvgIpc) is 2.56. The highest BCUT2D eigenvalue weighted by Crippen LogP contribution is 2.39. The van der Waals surface area contributed by atoms with Gasteiger partial charge in [-0.05, 0) is 12.1 Å². The normalized spacial score (nSPS) is 13.6. The Kier molecular flexibility index (Phi) is 2.75. The smallest absolute Gasteiger partial charge is 0.225 e. The van der Waals surface area contributed by atoms with Gasteiger partial charge in [-0.3, -0.25) is 9.69 Å². The minimum absolute atomic E-state index is 0.0621. The first-order valence-electron chi connectivity index (χ1n) is 6.36. The Morgan fingerprint density at radius 1 is 0.947 bits per heavy atom. The zero-order chi connectivity index (χ0) is 13.4. The molecule has 2 aromatic carbocycles. The van der Waals surface area contributed by atoms with Crippen molar-refractivity contribution in [3.05, 3.63) is 48.5 Å². The predicted octanol–water partition coefficient (Wildman–Crippen LogP) is 3.11. The number of fused-ring (bicyclic) bond motifs is 3. The van der Waals surface area contributed by atoms with Crippen molar-refractivity contribution in [1.29, 1.82) is 0 Å². The highest BCUT2D eigenvalue weighted by atomic mass is 16.2. The molecule has 0 aromatic heterocycles. The lowest BCUT2D eigenvalue weighted by atomic mass is 10.0. The van der Waals surface area contributed by atoms with Gasteiger partial charge in [0.2, 0.25) is 5.91 Å². The van der Waals surface area contributed by atoms with Gasteiger partial charge in [-0.2, -0.15) is 0 Å². The lowest BCUT2D eigenvalue weighted by Gasteiger charge is -2.26. The summed E-state index contributed by atoms with van der Waals surface area (Å²) in [6.45, 7) is 2.18. The maximum atomic E-state index is 11.9. The zero-order valence-corrected chi connectivity index (χ0v) is 11.1. The van der Waals surface area contributed by atoms with E-state index < -0.39 is 0 Å². The Balaban J connectivity index is 2.28. The van der Waals surface area contributed by atoms with E-state index in [1.54, 1.807) is 6.92 Å². The van der Waals surface area contributed by atoms with Crippen LogP contribution in [0.25, 0.3) is 11.1 Å². The number of anilines is 2. The summed E-state index contributed by atoms with van der Waals surface area (Å²) < 4.78 is 0. The maximum Gasteiger partial charge on any atom is 0.225 e. The second kappa shape index (κ2) is 4.43. The van der Waals surface area contributed by atoms with E-state index in [1.165, 1.54) is 5.56 Å². The van der Waals surface area contributed by atoms with Gasteiger partial charge in [-0.25, -0.2) is 0 Å². The molecule has 0 bridgehead atoms. The monoisotopic (exact) mass is 252 g/mol. The number of hydrogen-bond donors (Lipinski definition) is 0. The minimum Gasteiger partial charge on any atom is -0.356 e. The standard InChI is InChI=1S/C16H16N2O/c1-12(19)18-11-17(2)15-9-5-3-7-13(15)14-8-4-6-10-16(14)18/h3-10H,11H2,1-2H3.